The zero-order valence-electron chi connectivity index (χ0n) is 13.0. The lowest BCUT2D eigenvalue weighted by atomic mass is 10.2. The van der Waals surface area contributed by atoms with Gasteiger partial charge >= 0.3 is 5.97 Å². The molecule has 0 aromatic heterocycles. The van der Waals surface area contributed by atoms with Crippen molar-refractivity contribution in [1.29, 1.82) is 0 Å². The van der Waals surface area contributed by atoms with Crippen molar-refractivity contribution >= 4 is 56.5 Å². The number of thioether (sulfide) groups is 1. The van der Waals surface area contributed by atoms with E-state index >= 15 is 0 Å². The number of rotatable bonds is 4. The largest absolute Gasteiger partial charge is 0.466 e. The summed E-state index contributed by atoms with van der Waals surface area (Å²) < 4.78 is 27.3. The molecule has 132 valence electrons. The summed E-state index contributed by atoms with van der Waals surface area (Å²) in [6, 6.07) is 4.21. The van der Waals surface area contributed by atoms with E-state index in [1.807, 2.05) is 0 Å². The second kappa shape index (κ2) is 7.81. The summed E-state index contributed by atoms with van der Waals surface area (Å²) in [6.07, 6.45) is 3.45. The van der Waals surface area contributed by atoms with E-state index in [-0.39, 0.29) is 20.0 Å². The van der Waals surface area contributed by atoms with E-state index in [1.165, 1.54) is 31.5 Å². The van der Waals surface area contributed by atoms with E-state index in [1.54, 1.807) is 0 Å². The molecule has 0 unspecified atom stereocenters. The van der Waals surface area contributed by atoms with Crippen molar-refractivity contribution in [3.8, 4) is 0 Å². The number of amides is 1. The number of sulfone groups is 1. The Kier molecular flexibility index (Phi) is 5.98. The molecule has 1 saturated heterocycles. The Morgan fingerprint density at radius 1 is 1.40 bits per heavy atom. The van der Waals surface area contributed by atoms with Gasteiger partial charge in [-0.15, -0.1) is 5.10 Å². The number of benzene rings is 1. The molecular weight excluding hydrogens is 390 g/mol. The SMILES string of the molecule is COC(=O)/C=C1/S/C(=N\N=Cc2ccc(S(C)(=O)=O)cc2Cl)NC1=O. The summed E-state index contributed by atoms with van der Waals surface area (Å²) in [5.74, 6) is -1.14. The molecule has 0 atom stereocenters. The molecule has 1 aromatic carbocycles. The van der Waals surface area contributed by atoms with Crippen LogP contribution in [0.1, 0.15) is 5.56 Å². The molecule has 8 nitrogen and oxygen atoms in total. The number of halogens is 1. The average Bonchev–Trinajstić information content (AvgIpc) is 2.87. The Hall–Kier alpha value is -2.17. The van der Waals surface area contributed by atoms with Crippen molar-refractivity contribution in [3.63, 3.8) is 0 Å². The molecule has 0 aliphatic carbocycles. The van der Waals surface area contributed by atoms with Crippen molar-refractivity contribution < 1.29 is 22.7 Å². The number of methoxy groups -OCH3 is 1. The van der Waals surface area contributed by atoms with Gasteiger partial charge in [-0.25, -0.2) is 13.2 Å². The molecule has 0 bridgehead atoms. The minimum Gasteiger partial charge on any atom is -0.466 e. The minimum absolute atomic E-state index is 0.0946. The lowest BCUT2D eigenvalue weighted by Gasteiger charge is -2.01. The molecule has 1 fully saturated rings. The van der Waals surface area contributed by atoms with Gasteiger partial charge in [0.05, 0.1) is 28.1 Å². The van der Waals surface area contributed by atoms with Crippen LogP contribution >= 0.6 is 23.4 Å². The smallest absolute Gasteiger partial charge is 0.331 e. The molecule has 0 saturated carbocycles. The highest BCUT2D eigenvalue weighted by atomic mass is 35.5. The van der Waals surface area contributed by atoms with Gasteiger partial charge < -0.3 is 4.74 Å². The number of nitrogens with zero attached hydrogens (tertiary/aromatic N) is 2. The second-order valence-electron chi connectivity index (χ2n) is 4.69. The van der Waals surface area contributed by atoms with Gasteiger partial charge in [0.15, 0.2) is 15.0 Å². The maximum absolute atomic E-state index is 11.6. The number of nitrogens with one attached hydrogen (secondary N) is 1. The number of hydrogen-bond donors (Lipinski definition) is 1. The molecule has 0 radical (unpaired) electrons. The Morgan fingerprint density at radius 2 is 2.12 bits per heavy atom. The highest BCUT2D eigenvalue weighted by molar-refractivity contribution is 8.18. The molecule has 0 spiro atoms. The van der Waals surface area contributed by atoms with Crippen LogP contribution in [0.25, 0.3) is 0 Å². The van der Waals surface area contributed by atoms with Gasteiger partial charge in [-0.3, -0.25) is 10.1 Å². The topological polar surface area (TPSA) is 114 Å². The number of ether oxygens (including phenoxy) is 1. The first-order valence-electron chi connectivity index (χ1n) is 6.60. The average molecular weight is 402 g/mol. The first-order valence-corrected chi connectivity index (χ1v) is 9.69. The predicted octanol–water partition coefficient (Wildman–Crippen LogP) is 1.35. The van der Waals surface area contributed by atoms with E-state index in [0.29, 0.717) is 5.56 Å². The Morgan fingerprint density at radius 3 is 2.72 bits per heavy atom. The summed E-state index contributed by atoms with van der Waals surface area (Å²) in [5, 5.41) is 10.4. The summed E-state index contributed by atoms with van der Waals surface area (Å²) in [4.78, 5) is 23.0. The Labute approximate surface area is 152 Å². The van der Waals surface area contributed by atoms with Crippen LogP contribution in [0, 0.1) is 0 Å². The second-order valence-corrected chi connectivity index (χ2v) is 8.15. The van der Waals surface area contributed by atoms with Gasteiger partial charge in [-0.2, -0.15) is 5.10 Å². The van der Waals surface area contributed by atoms with Crippen molar-refractivity contribution in [2.24, 2.45) is 10.2 Å². The molecule has 25 heavy (non-hydrogen) atoms. The van der Waals surface area contributed by atoms with Gasteiger partial charge in [0, 0.05) is 17.9 Å². The van der Waals surface area contributed by atoms with Crippen LogP contribution in [0.5, 0.6) is 0 Å². The van der Waals surface area contributed by atoms with Gasteiger partial charge in [0.25, 0.3) is 5.91 Å². The third kappa shape index (κ3) is 5.15. The van der Waals surface area contributed by atoms with Crippen molar-refractivity contribution in [1.82, 2.24) is 5.32 Å². The number of esters is 1. The number of hydrogen-bond acceptors (Lipinski definition) is 8. The molecule has 1 aliphatic heterocycles. The molecule has 1 N–H and O–H groups in total. The van der Waals surface area contributed by atoms with Crippen LogP contribution in [-0.4, -0.2) is 45.0 Å². The van der Waals surface area contributed by atoms with Gasteiger partial charge in [0.1, 0.15) is 0 Å². The maximum Gasteiger partial charge on any atom is 0.331 e. The Bertz CT molecular complexity index is 922. The van der Waals surface area contributed by atoms with Gasteiger partial charge in [-0.05, 0) is 23.9 Å². The molecule has 1 aliphatic rings. The monoisotopic (exact) mass is 401 g/mol. The summed E-state index contributed by atoms with van der Waals surface area (Å²) in [7, 11) is -2.15. The quantitative estimate of drug-likeness (QED) is 0.352. The molecule has 2 rings (SSSR count). The molecule has 11 heteroatoms. The maximum atomic E-state index is 11.6. The number of carbonyl (C=O) groups is 2. The first kappa shape index (κ1) is 19.2. The minimum atomic E-state index is -3.35. The van der Waals surface area contributed by atoms with Crippen LogP contribution in [-0.2, 0) is 24.2 Å². The molecule has 1 amide bonds. The van der Waals surface area contributed by atoms with E-state index in [2.05, 4.69) is 20.3 Å². The van der Waals surface area contributed by atoms with Gasteiger partial charge in [0.2, 0.25) is 0 Å². The van der Waals surface area contributed by atoms with E-state index < -0.39 is 21.7 Å². The van der Waals surface area contributed by atoms with Crippen molar-refractivity contribution in [3.05, 3.63) is 39.8 Å². The van der Waals surface area contributed by atoms with Crippen LogP contribution in [0.3, 0.4) is 0 Å². The normalized spacial score (nSPS) is 18.1. The summed E-state index contributed by atoms with van der Waals surface area (Å²) in [6.45, 7) is 0. The predicted molar refractivity (Wildman–Crippen MR) is 95.4 cm³/mol. The standard InChI is InChI=1S/C14H12ClN3O5S2/c1-23-12(19)6-11-13(20)17-14(24-11)18-16-7-8-3-4-9(5-10(8)15)25(2,21)22/h3-7H,1-2H3,(H,17,18,20)/b11-6+,16-7?. The van der Waals surface area contributed by atoms with Crippen molar-refractivity contribution in [2.75, 3.05) is 13.4 Å². The fraction of sp³-hybridized carbons (Fsp3) is 0.143. The lowest BCUT2D eigenvalue weighted by Crippen LogP contribution is -2.19. The number of carbonyl (C=O) groups excluding carboxylic acids is 2. The molecule has 1 aromatic rings. The first-order chi connectivity index (χ1) is 11.7. The van der Waals surface area contributed by atoms with E-state index in [9.17, 15) is 18.0 Å². The summed E-state index contributed by atoms with van der Waals surface area (Å²) in [5.41, 5.74) is 0.457. The fourth-order valence-corrected chi connectivity index (χ4v) is 3.31. The molecule has 1 heterocycles. The zero-order valence-corrected chi connectivity index (χ0v) is 15.4. The van der Waals surface area contributed by atoms with Crippen LogP contribution in [0.4, 0.5) is 0 Å². The van der Waals surface area contributed by atoms with Crippen molar-refractivity contribution in [2.45, 2.75) is 4.90 Å². The highest BCUT2D eigenvalue weighted by Crippen LogP contribution is 2.23. The van der Waals surface area contributed by atoms with Crippen LogP contribution < -0.4 is 5.32 Å². The Balaban J connectivity index is 2.13. The highest BCUT2D eigenvalue weighted by Gasteiger charge is 2.25. The van der Waals surface area contributed by atoms with Gasteiger partial charge in [-0.1, -0.05) is 17.7 Å². The third-order valence-electron chi connectivity index (χ3n) is 2.85. The van der Waals surface area contributed by atoms with Crippen LogP contribution in [0.2, 0.25) is 5.02 Å². The lowest BCUT2D eigenvalue weighted by molar-refractivity contribution is -0.135. The van der Waals surface area contributed by atoms with E-state index in [4.69, 9.17) is 11.6 Å². The van der Waals surface area contributed by atoms with E-state index in [0.717, 1.165) is 24.1 Å². The zero-order chi connectivity index (χ0) is 18.6. The summed E-state index contributed by atoms with van der Waals surface area (Å²) >= 11 is 6.94. The fourth-order valence-electron chi connectivity index (χ4n) is 1.63. The third-order valence-corrected chi connectivity index (χ3v) is 5.18. The van der Waals surface area contributed by atoms with Crippen LogP contribution in [0.15, 0.2) is 44.3 Å². The number of amidine groups is 1. The molecular formula is C14H12ClN3O5S2.